The maximum Gasteiger partial charge on any atom is 0.275 e. The van der Waals surface area contributed by atoms with Crippen LogP contribution in [0.5, 0.6) is 0 Å². The first-order valence-electron chi connectivity index (χ1n) is 8.19. The van der Waals surface area contributed by atoms with Gasteiger partial charge in [-0.1, -0.05) is 35.3 Å². The van der Waals surface area contributed by atoms with Gasteiger partial charge in [0.05, 0.1) is 0 Å². The summed E-state index contributed by atoms with van der Waals surface area (Å²) in [7, 11) is 0. The van der Waals surface area contributed by atoms with Crippen molar-refractivity contribution in [3.8, 4) is 0 Å². The van der Waals surface area contributed by atoms with Crippen LogP contribution in [0.1, 0.15) is 52.6 Å². The molecule has 4 nitrogen and oxygen atoms in total. The fraction of sp³-hybridized carbons (Fsp3) is 0.300. The van der Waals surface area contributed by atoms with Gasteiger partial charge >= 0.3 is 0 Å². The van der Waals surface area contributed by atoms with Gasteiger partial charge in [0.25, 0.3) is 11.8 Å². The second-order valence-electron chi connectivity index (χ2n) is 7.18. The van der Waals surface area contributed by atoms with Crippen molar-refractivity contribution in [3.05, 3.63) is 68.7 Å². The highest BCUT2D eigenvalue weighted by molar-refractivity contribution is 6.32. The van der Waals surface area contributed by atoms with E-state index in [4.69, 9.17) is 23.2 Å². The van der Waals surface area contributed by atoms with E-state index >= 15 is 0 Å². The number of imide groups is 1. The molecule has 26 heavy (non-hydrogen) atoms. The summed E-state index contributed by atoms with van der Waals surface area (Å²) in [5, 5.41) is 1.94. The first-order valence-corrected chi connectivity index (χ1v) is 8.95. The Labute approximate surface area is 164 Å². The maximum atomic E-state index is 13.2. The van der Waals surface area contributed by atoms with Gasteiger partial charge in [0.15, 0.2) is 0 Å². The van der Waals surface area contributed by atoms with Gasteiger partial charge in [0.1, 0.15) is 0 Å². The van der Waals surface area contributed by atoms with Gasteiger partial charge in [-0.3, -0.25) is 9.59 Å². The second-order valence-corrected chi connectivity index (χ2v) is 8.02. The molecule has 0 aliphatic heterocycles. The van der Waals surface area contributed by atoms with Crippen LogP contribution in [-0.4, -0.2) is 22.4 Å². The number of halogens is 2. The van der Waals surface area contributed by atoms with E-state index in [-0.39, 0.29) is 0 Å². The zero-order valence-corrected chi connectivity index (χ0v) is 17.0. The minimum Gasteiger partial charge on any atom is -0.267 e. The molecule has 0 radical (unpaired) electrons. The Morgan fingerprint density at radius 1 is 0.962 bits per heavy atom. The van der Waals surface area contributed by atoms with Crippen LogP contribution in [0.4, 0.5) is 0 Å². The molecule has 0 bridgehead atoms. The smallest absolute Gasteiger partial charge is 0.267 e. The molecule has 0 aliphatic carbocycles. The summed E-state index contributed by atoms with van der Waals surface area (Å²) in [6.45, 7) is 9.16. The van der Waals surface area contributed by atoms with Crippen molar-refractivity contribution in [2.75, 3.05) is 0 Å². The fourth-order valence-corrected chi connectivity index (χ4v) is 2.78. The van der Waals surface area contributed by atoms with Gasteiger partial charge < -0.3 is 0 Å². The Morgan fingerprint density at radius 2 is 1.58 bits per heavy atom. The van der Waals surface area contributed by atoms with Crippen molar-refractivity contribution in [2.45, 2.75) is 40.2 Å². The lowest BCUT2D eigenvalue weighted by Gasteiger charge is -2.31. The largest absolute Gasteiger partial charge is 0.275 e. The van der Waals surface area contributed by atoms with Gasteiger partial charge in [-0.05, 0) is 70.0 Å². The summed E-state index contributed by atoms with van der Waals surface area (Å²) < 4.78 is 0. The molecule has 2 amide bonds. The number of aryl methyl sites for hydroxylation is 1. The number of hydrogen-bond acceptors (Lipinski definition) is 3. The number of nitrogens with one attached hydrogen (secondary N) is 1. The monoisotopic (exact) mass is 392 g/mol. The molecule has 0 heterocycles. The molecule has 1 N–H and O–H groups in total. The molecule has 0 saturated carbocycles. The normalized spacial score (nSPS) is 11.3. The third-order valence-electron chi connectivity index (χ3n) is 3.78. The van der Waals surface area contributed by atoms with Crippen molar-refractivity contribution in [3.63, 3.8) is 0 Å². The van der Waals surface area contributed by atoms with E-state index in [0.717, 1.165) is 10.6 Å². The van der Waals surface area contributed by atoms with Gasteiger partial charge in [0.2, 0.25) is 0 Å². The van der Waals surface area contributed by atoms with Crippen LogP contribution in [0.15, 0.2) is 36.4 Å². The third kappa shape index (κ3) is 4.64. The summed E-state index contributed by atoms with van der Waals surface area (Å²) >= 11 is 12.2. The molecule has 0 atom stereocenters. The Bertz CT molecular complexity index is 843. The summed E-state index contributed by atoms with van der Waals surface area (Å²) in [6, 6.07) is 10.1. The van der Waals surface area contributed by atoms with Crippen LogP contribution < -0.4 is 5.43 Å². The predicted molar refractivity (Wildman–Crippen MR) is 106 cm³/mol. The Morgan fingerprint density at radius 3 is 2.19 bits per heavy atom. The topological polar surface area (TPSA) is 49.4 Å². The summed E-state index contributed by atoms with van der Waals surface area (Å²) in [4.78, 5) is 26.3. The number of hydrazine groups is 1. The molecular formula is C20H22Cl2N2O2. The predicted octanol–water partition coefficient (Wildman–Crippen LogP) is 5.20. The van der Waals surface area contributed by atoms with E-state index in [9.17, 15) is 9.59 Å². The van der Waals surface area contributed by atoms with Gasteiger partial charge in [0, 0.05) is 26.7 Å². The van der Waals surface area contributed by atoms with Crippen LogP contribution in [0.3, 0.4) is 0 Å². The summed E-state index contributed by atoms with van der Waals surface area (Å²) in [6.07, 6.45) is 0. The summed E-state index contributed by atoms with van der Waals surface area (Å²) in [5.74, 6) is -0.936. The first-order chi connectivity index (χ1) is 12.0. The fourth-order valence-electron chi connectivity index (χ4n) is 2.43. The number of amides is 2. The zero-order chi connectivity index (χ0) is 19.6. The Kier molecular flexibility index (Phi) is 6.12. The maximum absolute atomic E-state index is 13.2. The van der Waals surface area contributed by atoms with Crippen molar-refractivity contribution < 1.29 is 9.59 Å². The van der Waals surface area contributed by atoms with E-state index in [1.165, 1.54) is 0 Å². The number of hydrogen-bond donors (Lipinski definition) is 1. The molecule has 0 spiro atoms. The molecular weight excluding hydrogens is 371 g/mol. The zero-order valence-electron chi connectivity index (χ0n) is 15.5. The van der Waals surface area contributed by atoms with Crippen molar-refractivity contribution in [2.24, 2.45) is 0 Å². The number of rotatable bonds is 3. The molecule has 0 fully saturated rings. The summed E-state index contributed by atoms with van der Waals surface area (Å²) in [5.41, 5.74) is 4.56. The lowest BCUT2D eigenvalue weighted by Crippen LogP contribution is -2.55. The second kappa shape index (κ2) is 7.78. The van der Waals surface area contributed by atoms with Gasteiger partial charge in [-0.2, -0.15) is 0 Å². The third-order valence-corrected chi connectivity index (χ3v) is 4.43. The van der Waals surface area contributed by atoms with Crippen LogP contribution in [0.25, 0.3) is 0 Å². The average molecular weight is 393 g/mol. The molecule has 2 aromatic rings. The van der Waals surface area contributed by atoms with Crippen molar-refractivity contribution >= 4 is 35.0 Å². The van der Waals surface area contributed by atoms with E-state index in [1.54, 1.807) is 50.2 Å². The van der Waals surface area contributed by atoms with E-state index in [2.05, 4.69) is 5.43 Å². The highest BCUT2D eigenvalue weighted by Gasteiger charge is 2.30. The van der Waals surface area contributed by atoms with Crippen molar-refractivity contribution in [1.29, 1.82) is 0 Å². The van der Waals surface area contributed by atoms with E-state index in [1.807, 2.05) is 20.8 Å². The van der Waals surface area contributed by atoms with Gasteiger partial charge in [-0.15, -0.1) is 0 Å². The molecule has 6 heteroatoms. The number of carbonyl (C=O) groups excluding carboxylic acids is 2. The molecule has 2 aromatic carbocycles. The highest BCUT2D eigenvalue weighted by atomic mass is 35.5. The standard InChI is InChI=1S/C20H22Cl2N2O2/c1-12-9-10-14(21)11-16(12)19(26)24(23-20(3,4)5)18(25)15-7-6-8-17(22)13(15)2/h6-11,23H,1-5H3. The first kappa shape index (κ1) is 20.4. The minimum atomic E-state index is -0.510. The highest BCUT2D eigenvalue weighted by Crippen LogP contribution is 2.23. The molecule has 2 rings (SSSR count). The molecule has 138 valence electrons. The van der Waals surface area contributed by atoms with Crippen molar-refractivity contribution in [1.82, 2.24) is 10.4 Å². The number of carbonyl (C=O) groups is 2. The van der Waals surface area contributed by atoms with Crippen LogP contribution in [-0.2, 0) is 0 Å². The van der Waals surface area contributed by atoms with E-state index in [0.29, 0.717) is 26.7 Å². The molecule has 0 aromatic heterocycles. The molecule has 0 saturated heterocycles. The Hall–Kier alpha value is -1.88. The van der Waals surface area contributed by atoms with E-state index < -0.39 is 17.4 Å². The quantitative estimate of drug-likeness (QED) is 0.576. The van der Waals surface area contributed by atoms with Crippen LogP contribution >= 0.6 is 23.2 Å². The number of benzene rings is 2. The lowest BCUT2D eigenvalue weighted by atomic mass is 10.1. The average Bonchev–Trinajstić information content (AvgIpc) is 2.55. The lowest BCUT2D eigenvalue weighted by molar-refractivity contribution is 0.0451. The van der Waals surface area contributed by atoms with Crippen LogP contribution in [0, 0.1) is 13.8 Å². The Balaban J connectivity index is 2.53. The molecule has 0 aliphatic rings. The van der Waals surface area contributed by atoms with Gasteiger partial charge in [-0.25, -0.2) is 10.4 Å². The SMILES string of the molecule is Cc1ccc(Cl)cc1C(=O)N(NC(C)(C)C)C(=O)c1cccc(Cl)c1C. The number of nitrogens with zero attached hydrogens (tertiary/aromatic N) is 1. The molecule has 0 unspecified atom stereocenters. The minimum absolute atomic E-state index is 0.363. The van der Waals surface area contributed by atoms with Crippen LogP contribution in [0.2, 0.25) is 10.0 Å².